The Morgan fingerprint density at radius 2 is 1.58 bits per heavy atom. The minimum Gasteiger partial charge on any atom is -0.497 e. The summed E-state index contributed by atoms with van der Waals surface area (Å²) in [5.41, 5.74) is 4.90. The van der Waals surface area contributed by atoms with Gasteiger partial charge in [-0.1, -0.05) is 55.5 Å². The van der Waals surface area contributed by atoms with E-state index in [1.54, 1.807) is 11.7 Å². The number of aryl methyl sites for hydroxylation is 1. The summed E-state index contributed by atoms with van der Waals surface area (Å²) in [4.78, 5) is 29.2. The molecule has 7 heteroatoms. The second-order valence-corrected chi connectivity index (χ2v) is 8.76. The minimum atomic E-state index is -0.186. The first-order chi connectivity index (χ1) is 17.6. The maximum absolute atomic E-state index is 14.3. The van der Waals surface area contributed by atoms with Crippen LogP contribution in [0.2, 0.25) is 0 Å². The fourth-order valence-corrected chi connectivity index (χ4v) is 4.87. The summed E-state index contributed by atoms with van der Waals surface area (Å²) < 4.78 is 9.20. The molecule has 178 valence electrons. The van der Waals surface area contributed by atoms with Crippen LogP contribution in [0.5, 0.6) is 5.75 Å². The third-order valence-corrected chi connectivity index (χ3v) is 6.68. The Morgan fingerprint density at radius 1 is 0.861 bits per heavy atom. The summed E-state index contributed by atoms with van der Waals surface area (Å²) in [7, 11) is 1.63. The van der Waals surface area contributed by atoms with Gasteiger partial charge < -0.3 is 4.74 Å². The van der Waals surface area contributed by atoms with Gasteiger partial charge >= 0.3 is 0 Å². The van der Waals surface area contributed by atoms with Gasteiger partial charge in [-0.2, -0.15) is 0 Å². The fraction of sp³-hybridized carbons (Fsp3) is 0.172. The molecule has 36 heavy (non-hydrogen) atoms. The number of aromatic nitrogens is 5. The lowest BCUT2D eigenvalue weighted by atomic mass is 10.1. The number of ether oxygens (including phenoxy) is 1. The zero-order valence-corrected chi connectivity index (χ0v) is 20.3. The average molecular weight is 476 g/mol. The lowest BCUT2D eigenvalue weighted by Crippen LogP contribution is -2.28. The lowest BCUT2D eigenvalue weighted by molar-refractivity contribution is 0.414. The standard InChI is InChI=1S/C29H25N5O2/c1-4-24-32-27-25(29(35)33(24)18(2)19-11-6-5-7-12-19)26-28(31-23-16-9-8-15-22(23)30-26)34(27)20-13-10-14-21(17-20)36-3/h5-18H,4H2,1-3H3/t18-/m0/s1. The Labute approximate surface area is 207 Å². The van der Waals surface area contributed by atoms with Crippen molar-refractivity contribution in [2.45, 2.75) is 26.3 Å². The topological polar surface area (TPSA) is 74.8 Å². The number of para-hydroxylation sites is 2. The van der Waals surface area contributed by atoms with Crippen LogP contribution >= 0.6 is 0 Å². The normalized spacial score (nSPS) is 12.4. The van der Waals surface area contributed by atoms with Gasteiger partial charge in [0.15, 0.2) is 11.3 Å². The molecule has 0 radical (unpaired) electrons. The molecule has 6 aromatic rings. The van der Waals surface area contributed by atoms with E-state index in [0.29, 0.717) is 40.2 Å². The third kappa shape index (κ3) is 3.35. The summed E-state index contributed by atoms with van der Waals surface area (Å²) in [6.45, 7) is 4.05. The third-order valence-electron chi connectivity index (χ3n) is 6.68. The lowest BCUT2D eigenvalue weighted by Gasteiger charge is -2.19. The van der Waals surface area contributed by atoms with Crippen LogP contribution in [0.1, 0.15) is 31.3 Å². The molecule has 6 rings (SSSR count). The van der Waals surface area contributed by atoms with Crippen LogP contribution in [0.15, 0.2) is 83.7 Å². The van der Waals surface area contributed by atoms with Crippen molar-refractivity contribution in [3.63, 3.8) is 0 Å². The second kappa shape index (κ2) is 8.61. The Bertz CT molecular complexity index is 1800. The van der Waals surface area contributed by atoms with Gasteiger partial charge in [0.05, 0.1) is 29.9 Å². The quantitative estimate of drug-likeness (QED) is 0.331. The van der Waals surface area contributed by atoms with Crippen molar-refractivity contribution in [2.75, 3.05) is 7.11 Å². The van der Waals surface area contributed by atoms with Gasteiger partial charge in [0, 0.05) is 12.5 Å². The van der Waals surface area contributed by atoms with Gasteiger partial charge in [-0.15, -0.1) is 0 Å². The van der Waals surface area contributed by atoms with Gasteiger partial charge in [-0.3, -0.25) is 13.9 Å². The van der Waals surface area contributed by atoms with E-state index in [4.69, 9.17) is 19.7 Å². The number of hydrogen-bond donors (Lipinski definition) is 0. The van der Waals surface area contributed by atoms with E-state index in [1.807, 2.05) is 97.3 Å². The van der Waals surface area contributed by atoms with Crippen molar-refractivity contribution in [3.8, 4) is 11.4 Å². The molecule has 0 saturated carbocycles. The van der Waals surface area contributed by atoms with Crippen LogP contribution in [-0.4, -0.2) is 31.2 Å². The van der Waals surface area contributed by atoms with Gasteiger partial charge in [0.2, 0.25) is 0 Å². The molecule has 3 aromatic carbocycles. The van der Waals surface area contributed by atoms with Crippen molar-refractivity contribution in [3.05, 3.63) is 101 Å². The zero-order valence-electron chi connectivity index (χ0n) is 20.3. The van der Waals surface area contributed by atoms with E-state index in [1.165, 1.54) is 0 Å². The van der Waals surface area contributed by atoms with Crippen molar-refractivity contribution in [2.24, 2.45) is 0 Å². The van der Waals surface area contributed by atoms with Gasteiger partial charge in [-0.05, 0) is 36.8 Å². The van der Waals surface area contributed by atoms with Crippen LogP contribution in [0.4, 0.5) is 0 Å². The predicted molar refractivity (Wildman–Crippen MR) is 142 cm³/mol. The van der Waals surface area contributed by atoms with E-state index in [2.05, 4.69) is 0 Å². The number of methoxy groups -OCH3 is 1. The molecule has 0 amide bonds. The molecule has 0 bridgehead atoms. The highest BCUT2D eigenvalue weighted by Gasteiger charge is 2.25. The highest BCUT2D eigenvalue weighted by molar-refractivity contribution is 6.05. The molecule has 0 N–H and O–H groups in total. The molecule has 0 aliphatic carbocycles. The molecular weight excluding hydrogens is 450 g/mol. The summed E-state index contributed by atoms with van der Waals surface area (Å²) in [6.07, 6.45) is 0.602. The number of hydrogen-bond acceptors (Lipinski definition) is 5. The molecule has 7 nitrogen and oxygen atoms in total. The zero-order chi connectivity index (χ0) is 24.8. The molecule has 1 atom stereocenters. The Kier molecular flexibility index (Phi) is 5.25. The summed E-state index contributed by atoms with van der Waals surface area (Å²) >= 11 is 0. The van der Waals surface area contributed by atoms with E-state index in [0.717, 1.165) is 22.3 Å². The van der Waals surface area contributed by atoms with Crippen LogP contribution in [0, 0.1) is 0 Å². The largest absolute Gasteiger partial charge is 0.497 e. The van der Waals surface area contributed by atoms with Crippen LogP contribution < -0.4 is 10.3 Å². The molecule has 0 saturated heterocycles. The molecular formula is C29H25N5O2. The second-order valence-electron chi connectivity index (χ2n) is 8.76. The maximum Gasteiger partial charge on any atom is 0.265 e. The maximum atomic E-state index is 14.3. The number of benzene rings is 3. The molecule has 0 spiro atoms. The first-order valence-corrected chi connectivity index (χ1v) is 12.0. The van der Waals surface area contributed by atoms with E-state index >= 15 is 0 Å². The molecule has 3 aromatic heterocycles. The van der Waals surface area contributed by atoms with Crippen LogP contribution in [0.3, 0.4) is 0 Å². The first-order valence-electron chi connectivity index (χ1n) is 12.0. The molecule has 0 aliphatic heterocycles. The summed E-state index contributed by atoms with van der Waals surface area (Å²) in [5, 5.41) is 0.464. The van der Waals surface area contributed by atoms with E-state index in [9.17, 15) is 4.79 Å². The van der Waals surface area contributed by atoms with Gasteiger partial charge in [0.1, 0.15) is 22.5 Å². The molecule has 0 aliphatic rings. The molecule has 0 unspecified atom stereocenters. The van der Waals surface area contributed by atoms with Crippen LogP contribution in [-0.2, 0) is 6.42 Å². The molecule has 3 heterocycles. The summed E-state index contributed by atoms with van der Waals surface area (Å²) in [6, 6.07) is 25.2. The SMILES string of the molecule is CCc1nc2c(c(=O)n1[C@@H](C)c1ccccc1)c1nc3ccccc3nc1n2-c1cccc(OC)c1. The smallest absolute Gasteiger partial charge is 0.265 e. The number of fused-ring (bicyclic) bond motifs is 4. The molecule has 0 fully saturated rings. The summed E-state index contributed by atoms with van der Waals surface area (Å²) in [5.74, 6) is 1.42. The highest BCUT2D eigenvalue weighted by Crippen LogP contribution is 2.31. The fourth-order valence-electron chi connectivity index (χ4n) is 4.87. The Balaban J connectivity index is 1.77. The van der Waals surface area contributed by atoms with Crippen molar-refractivity contribution >= 4 is 33.2 Å². The van der Waals surface area contributed by atoms with E-state index < -0.39 is 0 Å². The number of rotatable bonds is 5. The van der Waals surface area contributed by atoms with Crippen LogP contribution in [0.25, 0.3) is 38.9 Å². The Morgan fingerprint density at radius 3 is 2.31 bits per heavy atom. The van der Waals surface area contributed by atoms with Gasteiger partial charge in [0.25, 0.3) is 5.56 Å². The number of nitrogens with zero attached hydrogens (tertiary/aromatic N) is 5. The predicted octanol–water partition coefficient (Wildman–Crippen LogP) is 5.46. The minimum absolute atomic E-state index is 0.121. The Hall–Kier alpha value is -4.52. The first kappa shape index (κ1) is 22.0. The van der Waals surface area contributed by atoms with Crippen molar-refractivity contribution in [1.82, 2.24) is 24.1 Å². The van der Waals surface area contributed by atoms with E-state index in [-0.39, 0.29) is 11.6 Å². The van der Waals surface area contributed by atoms with Crippen molar-refractivity contribution in [1.29, 1.82) is 0 Å². The monoisotopic (exact) mass is 475 g/mol. The van der Waals surface area contributed by atoms with Gasteiger partial charge in [-0.25, -0.2) is 15.0 Å². The average Bonchev–Trinajstić information content (AvgIpc) is 3.24. The highest BCUT2D eigenvalue weighted by atomic mass is 16.5. The van der Waals surface area contributed by atoms with Crippen molar-refractivity contribution < 1.29 is 4.74 Å².